The predicted octanol–water partition coefficient (Wildman–Crippen LogP) is 2.39. The molecule has 0 bridgehead atoms. The lowest BCUT2D eigenvalue weighted by atomic mass is 10.0. The van der Waals surface area contributed by atoms with Crippen LogP contribution in [0.4, 0.5) is 0 Å². The molecule has 0 aromatic heterocycles. The smallest absolute Gasteiger partial charge is 0.189 e. The van der Waals surface area contributed by atoms with Gasteiger partial charge in [-0.15, -0.1) is 0 Å². The predicted molar refractivity (Wildman–Crippen MR) is 79.1 cm³/mol. The molecule has 5 heteroatoms. The normalized spacial score (nSPS) is 18.6. The van der Waals surface area contributed by atoms with Gasteiger partial charge in [-0.3, -0.25) is 4.90 Å². The van der Waals surface area contributed by atoms with Gasteiger partial charge in [-0.25, -0.2) is 0 Å². The number of hydrogen-bond acceptors (Lipinski definition) is 4. The third-order valence-electron chi connectivity index (χ3n) is 3.91. The Morgan fingerprint density at radius 3 is 2.95 bits per heavy atom. The Labute approximate surface area is 125 Å². The summed E-state index contributed by atoms with van der Waals surface area (Å²) >= 11 is 6.23. The second-order valence-electron chi connectivity index (χ2n) is 5.45. The first-order valence-electron chi connectivity index (χ1n) is 7.24. The van der Waals surface area contributed by atoms with Crippen molar-refractivity contribution < 1.29 is 9.47 Å². The summed E-state index contributed by atoms with van der Waals surface area (Å²) in [4.78, 5) is 2.52. The summed E-state index contributed by atoms with van der Waals surface area (Å²) in [6, 6.07) is 4.60. The topological polar surface area (TPSA) is 33.7 Å². The monoisotopic (exact) mass is 296 g/mol. The van der Waals surface area contributed by atoms with Crippen molar-refractivity contribution in [3.8, 4) is 5.75 Å². The molecular weight excluding hydrogens is 276 g/mol. The standard InChI is InChI=1S/C15H21ClN2O2/c1-2-3-18(14-6-17-7-14)8-11-4-13(16)5-12-9-19-10-20-15(11)12/h4-5,14,17H,2-3,6-10H2,1H3. The van der Waals surface area contributed by atoms with Gasteiger partial charge < -0.3 is 14.8 Å². The first-order chi connectivity index (χ1) is 9.78. The Balaban J connectivity index is 1.82. The summed E-state index contributed by atoms with van der Waals surface area (Å²) in [6.07, 6.45) is 1.16. The van der Waals surface area contributed by atoms with E-state index >= 15 is 0 Å². The van der Waals surface area contributed by atoms with E-state index in [0.717, 1.165) is 48.9 Å². The molecule has 0 unspecified atom stereocenters. The van der Waals surface area contributed by atoms with Crippen LogP contribution in [0.2, 0.25) is 5.02 Å². The zero-order valence-corrected chi connectivity index (χ0v) is 12.6. The van der Waals surface area contributed by atoms with Crippen molar-refractivity contribution in [2.24, 2.45) is 0 Å². The molecule has 2 aliphatic heterocycles. The quantitative estimate of drug-likeness (QED) is 0.905. The van der Waals surface area contributed by atoms with E-state index in [2.05, 4.69) is 17.1 Å². The van der Waals surface area contributed by atoms with Crippen LogP contribution in [0, 0.1) is 0 Å². The minimum Gasteiger partial charge on any atom is -0.467 e. The lowest BCUT2D eigenvalue weighted by molar-refractivity contribution is -0.0177. The summed E-state index contributed by atoms with van der Waals surface area (Å²) < 4.78 is 11.0. The lowest BCUT2D eigenvalue weighted by Crippen LogP contribution is -2.57. The van der Waals surface area contributed by atoms with Crippen molar-refractivity contribution in [3.05, 3.63) is 28.3 Å². The SMILES string of the molecule is CCCN(Cc1cc(Cl)cc2c1OCOC2)C1CNC1. The number of nitrogens with one attached hydrogen (secondary N) is 1. The highest BCUT2D eigenvalue weighted by molar-refractivity contribution is 6.30. The van der Waals surface area contributed by atoms with E-state index < -0.39 is 0 Å². The van der Waals surface area contributed by atoms with Gasteiger partial charge >= 0.3 is 0 Å². The maximum atomic E-state index is 6.23. The highest BCUT2D eigenvalue weighted by Gasteiger charge is 2.26. The van der Waals surface area contributed by atoms with Crippen molar-refractivity contribution in [1.82, 2.24) is 10.2 Å². The van der Waals surface area contributed by atoms with Crippen LogP contribution in [0.1, 0.15) is 24.5 Å². The fourth-order valence-electron chi connectivity index (χ4n) is 2.80. The maximum Gasteiger partial charge on any atom is 0.189 e. The molecule has 3 rings (SSSR count). The van der Waals surface area contributed by atoms with Crippen molar-refractivity contribution in [3.63, 3.8) is 0 Å². The van der Waals surface area contributed by atoms with Crippen molar-refractivity contribution >= 4 is 11.6 Å². The molecule has 0 atom stereocenters. The summed E-state index contributed by atoms with van der Waals surface area (Å²) in [5.41, 5.74) is 2.23. The van der Waals surface area contributed by atoms with E-state index in [4.69, 9.17) is 21.1 Å². The van der Waals surface area contributed by atoms with Crippen LogP contribution in [0.25, 0.3) is 0 Å². The Morgan fingerprint density at radius 2 is 2.25 bits per heavy atom. The number of benzene rings is 1. The second kappa shape index (κ2) is 6.31. The van der Waals surface area contributed by atoms with Crippen LogP contribution < -0.4 is 10.1 Å². The number of fused-ring (bicyclic) bond motifs is 1. The molecule has 110 valence electrons. The molecule has 1 aromatic carbocycles. The molecule has 1 N–H and O–H groups in total. The summed E-state index contributed by atoms with van der Waals surface area (Å²) in [5.74, 6) is 0.967. The van der Waals surface area contributed by atoms with Crippen LogP contribution >= 0.6 is 11.6 Å². The first kappa shape index (κ1) is 14.1. The van der Waals surface area contributed by atoms with Gasteiger partial charge in [-0.1, -0.05) is 18.5 Å². The minimum absolute atomic E-state index is 0.334. The molecule has 2 heterocycles. The Bertz CT molecular complexity index is 477. The summed E-state index contributed by atoms with van der Waals surface area (Å²) in [5, 5.41) is 4.10. The number of rotatable bonds is 5. The van der Waals surface area contributed by atoms with Gasteiger partial charge in [0, 0.05) is 41.8 Å². The Hall–Kier alpha value is -0.810. The molecule has 0 aliphatic carbocycles. The van der Waals surface area contributed by atoms with E-state index in [-0.39, 0.29) is 0 Å². The molecule has 0 radical (unpaired) electrons. The fraction of sp³-hybridized carbons (Fsp3) is 0.600. The average Bonchev–Trinajstić information content (AvgIpc) is 2.36. The molecule has 1 fully saturated rings. The van der Waals surface area contributed by atoms with Crippen LogP contribution in [0.3, 0.4) is 0 Å². The fourth-order valence-corrected chi connectivity index (χ4v) is 3.07. The van der Waals surface area contributed by atoms with Crippen molar-refractivity contribution in [2.75, 3.05) is 26.4 Å². The zero-order valence-electron chi connectivity index (χ0n) is 11.8. The first-order valence-corrected chi connectivity index (χ1v) is 7.62. The number of halogens is 1. The Kier molecular flexibility index (Phi) is 4.46. The van der Waals surface area contributed by atoms with Gasteiger partial charge in [0.05, 0.1) is 6.61 Å². The van der Waals surface area contributed by atoms with Gasteiger partial charge in [-0.05, 0) is 25.1 Å². The minimum atomic E-state index is 0.334. The van der Waals surface area contributed by atoms with Crippen LogP contribution in [0.5, 0.6) is 5.75 Å². The summed E-state index contributed by atoms with van der Waals surface area (Å²) in [7, 11) is 0. The molecule has 20 heavy (non-hydrogen) atoms. The van der Waals surface area contributed by atoms with Gasteiger partial charge in [0.1, 0.15) is 5.75 Å². The van der Waals surface area contributed by atoms with Gasteiger partial charge in [0.15, 0.2) is 6.79 Å². The molecular formula is C15H21ClN2O2. The van der Waals surface area contributed by atoms with Crippen LogP contribution in [0.15, 0.2) is 12.1 Å². The third kappa shape index (κ3) is 2.93. The molecule has 1 aromatic rings. The third-order valence-corrected chi connectivity index (χ3v) is 4.13. The van der Waals surface area contributed by atoms with Crippen molar-refractivity contribution in [2.45, 2.75) is 32.5 Å². The van der Waals surface area contributed by atoms with E-state index in [1.165, 1.54) is 5.56 Å². The zero-order chi connectivity index (χ0) is 13.9. The summed E-state index contributed by atoms with van der Waals surface area (Å²) in [6.45, 7) is 7.28. The molecule has 2 aliphatic rings. The Morgan fingerprint density at radius 1 is 1.40 bits per heavy atom. The average molecular weight is 297 g/mol. The highest BCUT2D eigenvalue weighted by Crippen LogP contribution is 2.32. The molecule has 0 saturated carbocycles. The molecule has 0 spiro atoms. The van der Waals surface area contributed by atoms with Crippen LogP contribution in [-0.2, 0) is 17.9 Å². The van der Waals surface area contributed by atoms with E-state index in [9.17, 15) is 0 Å². The maximum absolute atomic E-state index is 6.23. The van der Waals surface area contributed by atoms with Gasteiger partial charge in [-0.2, -0.15) is 0 Å². The van der Waals surface area contributed by atoms with E-state index in [1.54, 1.807) is 0 Å². The van der Waals surface area contributed by atoms with E-state index in [0.29, 0.717) is 19.4 Å². The number of nitrogens with zero attached hydrogens (tertiary/aromatic N) is 1. The number of hydrogen-bond donors (Lipinski definition) is 1. The molecule has 0 amide bonds. The largest absolute Gasteiger partial charge is 0.467 e. The highest BCUT2D eigenvalue weighted by atomic mass is 35.5. The van der Waals surface area contributed by atoms with E-state index in [1.807, 2.05) is 12.1 Å². The molecule has 4 nitrogen and oxygen atoms in total. The van der Waals surface area contributed by atoms with Crippen LogP contribution in [-0.4, -0.2) is 37.4 Å². The number of ether oxygens (including phenoxy) is 2. The molecule has 1 saturated heterocycles. The van der Waals surface area contributed by atoms with Gasteiger partial charge in [0.25, 0.3) is 0 Å². The van der Waals surface area contributed by atoms with Crippen molar-refractivity contribution in [1.29, 1.82) is 0 Å². The second-order valence-corrected chi connectivity index (χ2v) is 5.88. The lowest BCUT2D eigenvalue weighted by Gasteiger charge is -2.38. The van der Waals surface area contributed by atoms with Gasteiger partial charge in [0.2, 0.25) is 0 Å².